The molecule has 44 heavy (non-hydrogen) atoms. The lowest BCUT2D eigenvalue weighted by molar-refractivity contribution is -0.161. The van der Waals surface area contributed by atoms with E-state index in [4.69, 9.17) is 14.2 Å². The van der Waals surface area contributed by atoms with Gasteiger partial charge in [0.25, 0.3) is 5.91 Å². The predicted molar refractivity (Wildman–Crippen MR) is 153 cm³/mol. The number of carbonyl (C=O) groups is 7. The van der Waals surface area contributed by atoms with Gasteiger partial charge < -0.3 is 34.9 Å². The quantitative estimate of drug-likeness (QED) is 0.207. The maximum atomic E-state index is 13.6. The molecule has 15 heteroatoms. The molecule has 3 N–H and O–H groups in total. The maximum absolute atomic E-state index is 13.6. The normalized spacial score (nSPS) is 20.3. The molecule has 14 nitrogen and oxygen atoms in total. The van der Waals surface area contributed by atoms with Crippen LogP contribution in [0.1, 0.15) is 56.6 Å². The first-order valence-electron chi connectivity index (χ1n) is 13.2. The zero-order valence-electron chi connectivity index (χ0n) is 24.2. The molecule has 2 aromatic rings. The Balaban J connectivity index is 1.64. The highest BCUT2D eigenvalue weighted by Gasteiger charge is 2.64. The van der Waals surface area contributed by atoms with E-state index >= 15 is 0 Å². The van der Waals surface area contributed by atoms with E-state index in [0.717, 1.165) is 32.9 Å². The number of carbonyl (C=O) groups excluding carboxylic acids is 6. The molecule has 232 valence electrons. The largest absolute Gasteiger partial charge is 0.480 e. The molecule has 1 unspecified atom stereocenters. The maximum Gasteiger partial charge on any atom is 0.327 e. The van der Waals surface area contributed by atoms with Crippen LogP contribution in [0.3, 0.4) is 0 Å². The van der Waals surface area contributed by atoms with Gasteiger partial charge in [0.05, 0.1) is 0 Å². The van der Waals surface area contributed by atoms with Crippen LogP contribution in [0.25, 0.3) is 0 Å². The third-order valence-electron chi connectivity index (χ3n) is 6.68. The second kappa shape index (κ2) is 12.4. The number of fused-ring (bicyclic) bond motifs is 1. The van der Waals surface area contributed by atoms with E-state index in [1.54, 1.807) is 44.2 Å². The van der Waals surface area contributed by atoms with Crippen LogP contribution in [0.5, 0.6) is 17.2 Å². The summed E-state index contributed by atoms with van der Waals surface area (Å²) in [5.41, 5.74) is 0.118. The predicted octanol–water partition coefficient (Wildman–Crippen LogP) is 1.57. The smallest absolute Gasteiger partial charge is 0.327 e. The van der Waals surface area contributed by atoms with Crippen molar-refractivity contribution in [2.75, 3.05) is 0 Å². The Kier molecular flexibility index (Phi) is 8.99. The number of amides is 3. The number of esters is 3. The zero-order chi connectivity index (χ0) is 32.5. The number of aliphatic carboxylic acids is 1. The van der Waals surface area contributed by atoms with Crippen molar-refractivity contribution in [3.63, 3.8) is 0 Å². The summed E-state index contributed by atoms with van der Waals surface area (Å²) in [5, 5.41) is 14.3. The molecule has 2 aliphatic rings. The van der Waals surface area contributed by atoms with Crippen LogP contribution in [-0.2, 0) is 28.8 Å². The first kappa shape index (κ1) is 32.0. The summed E-state index contributed by atoms with van der Waals surface area (Å²) < 4.78 is 14.5. The van der Waals surface area contributed by atoms with E-state index in [1.165, 1.54) is 16.7 Å². The van der Waals surface area contributed by atoms with E-state index in [0.29, 0.717) is 5.56 Å². The summed E-state index contributed by atoms with van der Waals surface area (Å²) in [6.45, 7) is 6.61. The number of rotatable bonds is 9. The van der Waals surface area contributed by atoms with Crippen molar-refractivity contribution in [3.8, 4) is 17.2 Å². The summed E-state index contributed by atoms with van der Waals surface area (Å²) in [4.78, 5) is 88.4. The topological polar surface area (TPSA) is 195 Å². The van der Waals surface area contributed by atoms with Gasteiger partial charge in [0, 0.05) is 31.1 Å². The van der Waals surface area contributed by atoms with Crippen molar-refractivity contribution in [2.45, 2.75) is 62.9 Å². The molecule has 2 heterocycles. The lowest BCUT2D eigenvalue weighted by Gasteiger charge is -2.44. The van der Waals surface area contributed by atoms with Crippen LogP contribution in [0.15, 0.2) is 42.5 Å². The summed E-state index contributed by atoms with van der Waals surface area (Å²) in [6.07, 6.45) is 0. The highest BCUT2D eigenvalue weighted by atomic mass is 32.2. The average Bonchev–Trinajstić information content (AvgIpc) is 3.19. The number of hydrogen-bond acceptors (Lipinski definition) is 11. The van der Waals surface area contributed by atoms with Gasteiger partial charge in [-0.25, -0.2) is 4.79 Å². The molecule has 2 aromatic carbocycles. The third-order valence-corrected chi connectivity index (χ3v) is 8.25. The molecule has 0 radical (unpaired) electrons. The Morgan fingerprint density at radius 2 is 1.45 bits per heavy atom. The zero-order valence-corrected chi connectivity index (χ0v) is 25.1. The van der Waals surface area contributed by atoms with Gasteiger partial charge in [-0.05, 0) is 31.5 Å². The monoisotopic (exact) mass is 627 g/mol. The van der Waals surface area contributed by atoms with Crippen LogP contribution >= 0.6 is 11.8 Å². The number of hydrogen-bond donors (Lipinski definition) is 3. The summed E-state index contributed by atoms with van der Waals surface area (Å²) in [6, 6.07) is 6.80. The SMILES string of the molecule is CC(=O)Oc1cc(C(=O)NC(C(=O)N[C@@H]2C(=O)N3[C@@H]2SC(C)(C)[C@@H]3C(=O)O)c2ccccc2)cc(OC(C)=O)c1OC(C)=O. The van der Waals surface area contributed by atoms with Crippen LogP contribution in [0.2, 0.25) is 0 Å². The van der Waals surface area contributed by atoms with Gasteiger partial charge in [-0.15, -0.1) is 11.8 Å². The number of thioether (sulfide) groups is 1. The molecule has 4 rings (SSSR count). The number of carboxylic acid groups (broad SMARTS) is 1. The first-order valence-corrected chi connectivity index (χ1v) is 14.1. The molecule has 0 aromatic heterocycles. The van der Waals surface area contributed by atoms with Crippen LogP contribution in [0.4, 0.5) is 0 Å². The molecule has 2 saturated heterocycles. The highest BCUT2D eigenvalue weighted by molar-refractivity contribution is 8.01. The van der Waals surface area contributed by atoms with E-state index in [9.17, 15) is 38.7 Å². The second-order valence-electron chi connectivity index (χ2n) is 10.5. The van der Waals surface area contributed by atoms with E-state index < -0.39 is 87.1 Å². The number of carboxylic acids is 1. The number of benzene rings is 2. The van der Waals surface area contributed by atoms with Gasteiger partial charge in [0.15, 0.2) is 11.5 Å². The molecule has 0 aliphatic carbocycles. The van der Waals surface area contributed by atoms with Gasteiger partial charge in [0.1, 0.15) is 23.5 Å². The van der Waals surface area contributed by atoms with Gasteiger partial charge in [-0.2, -0.15) is 0 Å². The number of nitrogens with zero attached hydrogens (tertiary/aromatic N) is 1. The minimum Gasteiger partial charge on any atom is -0.480 e. The molecule has 0 saturated carbocycles. The molecule has 0 spiro atoms. The standard InChI is InChI=1S/C29H29N3O11S/c1-13(33)41-18-11-17(12-19(42-14(2)34)22(18)43-15(3)35)24(36)30-20(16-9-7-6-8-10-16)25(37)31-21-26(38)32-23(28(39)40)29(4,5)44-27(21)32/h6-12,20-21,23,27H,1-5H3,(H,30,36)(H,31,37)(H,39,40)/t20?,21-,23+,27-/m1/s1. The van der Waals surface area contributed by atoms with Crippen LogP contribution in [-0.4, -0.2) is 73.8 Å². The fourth-order valence-electron chi connectivity index (χ4n) is 4.96. The van der Waals surface area contributed by atoms with Crippen molar-refractivity contribution in [2.24, 2.45) is 0 Å². The Morgan fingerprint density at radius 3 is 1.95 bits per heavy atom. The van der Waals surface area contributed by atoms with Gasteiger partial charge in [0.2, 0.25) is 17.6 Å². The number of ether oxygens (including phenoxy) is 3. The minimum absolute atomic E-state index is 0.231. The van der Waals surface area contributed by atoms with Crippen molar-refractivity contribution in [1.29, 1.82) is 0 Å². The Morgan fingerprint density at radius 1 is 0.909 bits per heavy atom. The fraction of sp³-hybridized carbons (Fsp3) is 0.345. The van der Waals surface area contributed by atoms with Crippen molar-refractivity contribution in [3.05, 3.63) is 53.6 Å². The van der Waals surface area contributed by atoms with Crippen molar-refractivity contribution in [1.82, 2.24) is 15.5 Å². The summed E-state index contributed by atoms with van der Waals surface area (Å²) >= 11 is 1.25. The molecular weight excluding hydrogens is 598 g/mol. The molecule has 4 atom stereocenters. The minimum atomic E-state index is -1.34. The Bertz CT molecular complexity index is 1520. The fourth-order valence-corrected chi connectivity index (χ4v) is 6.58. The van der Waals surface area contributed by atoms with Gasteiger partial charge in [-0.3, -0.25) is 28.8 Å². The van der Waals surface area contributed by atoms with Crippen molar-refractivity contribution < 1.29 is 52.9 Å². The molecule has 2 fully saturated rings. The van der Waals surface area contributed by atoms with Crippen molar-refractivity contribution >= 4 is 53.4 Å². The molecule has 2 aliphatic heterocycles. The van der Waals surface area contributed by atoms with E-state index in [2.05, 4.69) is 10.6 Å². The molecule has 3 amide bonds. The van der Waals surface area contributed by atoms with Gasteiger partial charge >= 0.3 is 23.9 Å². The Hall–Kier alpha value is -4.92. The number of nitrogens with one attached hydrogen (secondary N) is 2. The molecular formula is C29H29N3O11S. The second-order valence-corrected chi connectivity index (χ2v) is 12.3. The lowest BCUT2D eigenvalue weighted by atomic mass is 9.95. The van der Waals surface area contributed by atoms with Gasteiger partial charge in [-0.1, -0.05) is 30.3 Å². The average molecular weight is 628 g/mol. The van der Waals surface area contributed by atoms with Crippen LogP contribution < -0.4 is 24.8 Å². The number of β-lactam (4-membered cyclic amide) rings is 1. The summed E-state index contributed by atoms with van der Waals surface area (Å²) in [5.74, 6) is -7.05. The Labute approximate surface area is 255 Å². The third kappa shape index (κ3) is 6.51. The van der Waals surface area contributed by atoms with Crippen LogP contribution in [0, 0.1) is 0 Å². The lowest BCUT2D eigenvalue weighted by Crippen LogP contribution is -2.71. The van der Waals surface area contributed by atoms with E-state index in [-0.39, 0.29) is 5.56 Å². The highest BCUT2D eigenvalue weighted by Crippen LogP contribution is 2.50. The van der Waals surface area contributed by atoms with E-state index in [1.807, 2.05) is 0 Å². The summed E-state index contributed by atoms with van der Waals surface area (Å²) in [7, 11) is 0. The molecule has 0 bridgehead atoms. The first-order chi connectivity index (χ1) is 20.6.